The van der Waals surface area contributed by atoms with E-state index in [0.29, 0.717) is 28.5 Å². The Hall–Kier alpha value is -1.62. The van der Waals surface area contributed by atoms with E-state index in [1.807, 2.05) is 0 Å². The number of nitrogens with zero attached hydrogens (tertiary/aromatic N) is 3. The van der Waals surface area contributed by atoms with Gasteiger partial charge >= 0.3 is 6.01 Å². The molecule has 2 aromatic rings. The van der Waals surface area contributed by atoms with Gasteiger partial charge in [0.1, 0.15) is 5.69 Å². The van der Waals surface area contributed by atoms with Crippen molar-refractivity contribution in [2.75, 3.05) is 11.9 Å². The van der Waals surface area contributed by atoms with Crippen molar-refractivity contribution < 1.29 is 4.52 Å². The SMILES string of the molecule is CC(C)CNc1nc(-c2ccc(Cl)cn2)no1. The van der Waals surface area contributed by atoms with E-state index in [1.165, 1.54) is 0 Å². The summed E-state index contributed by atoms with van der Waals surface area (Å²) in [4.78, 5) is 8.30. The summed E-state index contributed by atoms with van der Waals surface area (Å²) in [6.07, 6.45) is 1.55. The maximum Gasteiger partial charge on any atom is 0.321 e. The van der Waals surface area contributed by atoms with Gasteiger partial charge < -0.3 is 9.84 Å². The Morgan fingerprint density at radius 2 is 2.24 bits per heavy atom. The highest BCUT2D eigenvalue weighted by atomic mass is 35.5. The molecule has 1 N–H and O–H groups in total. The molecule has 0 unspecified atom stereocenters. The van der Waals surface area contributed by atoms with Crippen LogP contribution in [0.4, 0.5) is 6.01 Å². The first-order chi connectivity index (χ1) is 8.15. The molecule has 90 valence electrons. The Morgan fingerprint density at radius 3 is 2.88 bits per heavy atom. The standard InChI is InChI=1S/C11H13ClN4O/c1-7(2)5-14-11-15-10(16-17-11)9-4-3-8(12)6-13-9/h3-4,6-7H,5H2,1-2H3,(H,14,15,16). The molecule has 0 saturated heterocycles. The first-order valence-electron chi connectivity index (χ1n) is 5.34. The molecular weight excluding hydrogens is 240 g/mol. The van der Waals surface area contributed by atoms with Crippen LogP contribution in [-0.4, -0.2) is 21.7 Å². The van der Waals surface area contributed by atoms with E-state index in [9.17, 15) is 0 Å². The third kappa shape index (κ3) is 3.17. The minimum Gasteiger partial charge on any atom is -0.337 e. The molecule has 0 aliphatic carbocycles. The van der Waals surface area contributed by atoms with E-state index in [4.69, 9.17) is 16.1 Å². The zero-order chi connectivity index (χ0) is 12.3. The van der Waals surface area contributed by atoms with E-state index >= 15 is 0 Å². The minimum atomic E-state index is 0.408. The minimum absolute atomic E-state index is 0.408. The van der Waals surface area contributed by atoms with Crippen LogP contribution in [0.3, 0.4) is 0 Å². The first kappa shape index (κ1) is 11.9. The van der Waals surface area contributed by atoms with Crippen LogP contribution in [0.15, 0.2) is 22.9 Å². The summed E-state index contributed by atoms with van der Waals surface area (Å²) in [6.45, 7) is 4.99. The molecule has 2 rings (SSSR count). The molecule has 0 bridgehead atoms. The molecule has 0 aromatic carbocycles. The van der Waals surface area contributed by atoms with Gasteiger partial charge in [-0.25, -0.2) is 0 Å². The van der Waals surface area contributed by atoms with Crippen molar-refractivity contribution in [3.63, 3.8) is 0 Å². The van der Waals surface area contributed by atoms with Crippen molar-refractivity contribution in [2.24, 2.45) is 5.92 Å². The Morgan fingerprint density at radius 1 is 1.41 bits per heavy atom. The van der Waals surface area contributed by atoms with Crippen LogP contribution in [0.1, 0.15) is 13.8 Å². The molecule has 0 saturated carbocycles. The van der Waals surface area contributed by atoms with Gasteiger partial charge in [0.05, 0.1) is 5.02 Å². The lowest BCUT2D eigenvalue weighted by molar-refractivity contribution is 0.429. The Labute approximate surface area is 104 Å². The molecule has 2 aromatic heterocycles. The highest BCUT2D eigenvalue weighted by molar-refractivity contribution is 6.30. The molecule has 6 heteroatoms. The summed E-state index contributed by atoms with van der Waals surface area (Å²) in [5, 5.41) is 7.47. The lowest BCUT2D eigenvalue weighted by Gasteiger charge is -2.02. The number of rotatable bonds is 4. The first-order valence-corrected chi connectivity index (χ1v) is 5.72. The van der Waals surface area contributed by atoms with Crippen molar-refractivity contribution in [2.45, 2.75) is 13.8 Å². The van der Waals surface area contributed by atoms with Crippen molar-refractivity contribution in [1.29, 1.82) is 0 Å². The summed E-state index contributed by atoms with van der Waals surface area (Å²) in [5.74, 6) is 0.965. The average molecular weight is 253 g/mol. The maximum atomic E-state index is 5.75. The highest BCUT2D eigenvalue weighted by Crippen LogP contribution is 2.17. The van der Waals surface area contributed by atoms with Gasteiger partial charge in [0.25, 0.3) is 0 Å². The monoisotopic (exact) mass is 252 g/mol. The summed E-state index contributed by atoms with van der Waals surface area (Å²) >= 11 is 5.75. The smallest absolute Gasteiger partial charge is 0.321 e. The van der Waals surface area contributed by atoms with Crippen LogP contribution >= 0.6 is 11.6 Å². The van der Waals surface area contributed by atoms with E-state index in [0.717, 1.165) is 6.54 Å². The van der Waals surface area contributed by atoms with Gasteiger partial charge in [0, 0.05) is 12.7 Å². The van der Waals surface area contributed by atoms with Crippen molar-refractivity contribution in [3.05, 3.63) is 23.4 Å². The van der Waals surface area contributed by atoms with Gasteiger partial charge in [-0.15, -0.1) is 0 Å². The second-order valence-electron chi connectivity index (χ2n) is 4.06. The molecule has 17 heavy (non-hydrogen) atoms. The fourth-order valence-electron chi connectivity index (χ4n) is 1.20. The number of aromatic nitrogens is 3. The van der Waals surface area contributed by atoms with Crippen LogP contribution in [0.25, 0.3) is 11.5 Å². The number of pyridine rings is 1. The van der Waals surface area contributed by atoms with Gasteiger partial charge in [-0.2, -0.15) is 4.98 Å². The van der Waals surface area contributed by atoms with Gasteiger partial charge in [0.2, 0.25) is 5.82 Å². The van der Waals surface area contributed by atoms with Gasteiger partial charge in [-0.1, -0.05) is 30.6 Å². The third-order valence-corrected chi connectivity index (χ3v) is 2.27. The number of anilines is 1. The van der Waals surface area contributed by atoms with Crippen LogP contribution < -0.4 is 5.32 Å². The molecule has 0 spiro atoms. The normalized spacial score (nSPS) is 10.8. The van der Waals surface area contributed by atoms with Crippen LogP contribution in [-0.2, 0) is 0 Å². The summed E-state index contributed by atoms with van der Waals surface area (Å²) in [6, 6.07) is 3.89. The number of hydrogen-bond donors (Lipinski definition) is 1. The fraction of sp³-hybridized carbons (Fsp3) is 0.364. The lowest BCUT2D eigenvalue weighted by atomic mass is 10.2. The fourth-order valence-corrected chi connectivity index (χ4v) is 1.31. The topological polar surface area (TPSA) is 63.8 Å². The summed E-state index contributed by atoms with van der Waals surface area (Å²) in [7, 11) is 0. The number of hydrogen-bond acceptors (Lipinski definition) is 5. The zero-order valence-corrected chi connectivity index (χ0v) is 10.4. The number of halogens is 1. The third-order valence-electron chi connectivity index (χ3n) is 2.04. The molecule has 0 atom stereocenters. The Kier molecular flexibility index (Phi) is 3.58. The predicted octanol–water partition coefficient (Wildman–Crippen LogP) is 2.85. The Balaban J connectivity index is 2.10. The van der Waals surface area contributed by atoms with E-state index in [-0.39, 0.29) is 0 Å². The van der Waals surface area contributed by atoms with Crippen LogP contribution in [0, 0.1) is 5.92 Å². The van der Waals surface area contributed by atoms with E-state index in [1.54, 1.807) is 18.3 Å². The Bertz CT molecular complexity index is 480. The second-order valence-corrected chi connectivity index (χ2v) is 4.50. The average Bonchev–Trinajstić information content (AvgIpc) is 2.76. The molecule has 0 fully saturated rings. The molecule has 0 radical (unpaired) electrons. The lowest BCUT2D eigenvalue weighted by Crippen LogP contribution is -2.07. The van der Waals surface area contributed by atoms with Gasteiger partial charge in [0.15, 0.2) is 0 Å². The van der Waals surface area contributed by atoms with Crippen molar-refractivity contribution in [3.8, 4) is 11.5 Å². The largest absolute Gasteiger partial charge is 0.337 e. The molecule has 0 aliphatic rings. The van der Waals surface area contributed by atoms with E-state index < -0.39 is 0 Å². The van der Waals surface area contributed by atoms with Crippen LogP contribution in [0.5, 0.6) is 0 Å². The molecule has 0 amide bonds. The summed E-state index contributed by atoms with van der Waals surface area (Å²) in [5.41, 5.74) is 0.635. The number of nitrogens with one attached hydrogen (secondary N) is 1. The molecular formula is C11H13ClN4O. The molecule has 5 nitrogen and oxygen atoms in total. The van der Waals surface area contributed by atoms with Crippen molar-refractivity contribution in [1.82, 2.24) is 15.1 Å². The zero-order valence-electron chi connectivity index (χ0n) is 9.64. The van der Waals surface area contributed by atoms with Gasteiger partial charge in [-0.3, -0.25) is 4.98 Å². The van der Waals surface area contributed by atoms with Crippen LogP contribution in [0.2, 0.25) is 5.02 Å². The predicted molar refractivity (Wildman–Crippen MR) is 65.9 cm³/mol. The molecule has 0 aliphatic heterocycles. The quantitative estimate of drug-likeness (QED) is 0.907. The van der Waals surface area contributed by atoms with E-state index in [2.05, 4.69) is 34.3 Å². The van der Waals surface area contributed by atoms with Crippen molar-refractivity contribution >= 4 is 17.6 Å². The summed E-state index contributed by atoms with van der Waals surface area (Å²) < 4.78 is 5.05. The van der Waals surface area contributed by atoms with Gasteiger partial charge in [-0.05, 0) is 18.1 Å². The highest BCUT2D eigenvalue weighted by Gasteiger charge is 2.09. The second kappa shape index (κ2) is 5.14. The maximum absolute atomic E-state index is 5.75. The molecule has 2 heterocycles.